The van der Waals surface area contributed by atoms with Crippen molar-refractivity contribution < 1.29 is 8.83 Å². The summed E-state index contributed by atoms with van der Waals surface area (Å²) in [5, 5.41) is 11.4. The number of hydrogen-bond acceptors (Lipinski definition) is 4. The zero-order valence-corrected chi connectivity index (χ0v) is 27.4. The van der Waals surface area contributed by atoms with Crippen LogP contribution in [-0.4, -0.2) is 4.98 Å². The molecule has 0 aliphatic rings. The standard InChI is InChI=1S/C47H28N2O2/c1-3-7-44-40(5-1)42-24-32-13-17-38(22-34(32)26-46(42)50-44)49(37-15-11-29(12-16-37)31-10-9-30-19-20-48-28-36(30)21-31)39-18-14-33-25-43-41-6-2-4-8-45(41)51-47(43)27-35(33)23-39/h1-28H. The van der Waals surface area contributed by atoms with Gasteiger partial charge in [0.05, 0.1) is 0 Å². The van der Waals surface area contributed by atoms with Crippen LogP contribution in [0.5, 0.6) is 0 Å². The third kappa shape index (κ3) is 4.50. The molecule has 8 aromatic carbocycles. The van der Waals surface area contributed by atoms with Crippen LogP contribution in [-0.2, 0) is 0 Å². The number of pyridine rings is 1. The number of furan rings is 2. The van der Waals surface area contributed by atoms with Gasteiger partial charge in [-0.25, -0.2) is 0 Å². The van der Waals surface area contributed by atoms with Crippen molar-refractivity contribution in [1.82, 2.24) is 4.98 Å². The Bertz CT molecular complexity index is 3000. The van der Waals surface area contributed by atoms with Gasteiger partial charge in [0.2, 0.25) is 0 Å². The van der Waals surface area contributed by atoms with Crippen molar-refractivity contribution in [3.05, 3.63) is 170 Å². The minimum atomic E-state index is 0.892. The molecule has 3 aromatic heterocycles. The van der Waals surface area contributed by atoms with Crippen molar-refractivity contribution >= 4 is 93.3 Å². The average molecular weight is 653 g/mol. The van der Waals surface area contributed by atoms with Gasteiger partial charge in [-0.15, -0.1) is 0 Å². The molecule has 11 rings (SSSR count). The van der Waals surface area contributed by atoms with Gasteiger partial charge in [-0.1, -0.05) is 72.8 Å². The van der Waals surface area contributed by atoms with E-state index >= 15 is 0 Å². The van der Waals surface area contributed by atoms with Gasteiger partial charge in [0.1, 0.15) is 22.3 Å². The lowest BCUT2D eigenvalue weighted by Gasteiger charge is -2.26. The monoisotopic (exact) mass is 652 g/mol. The van der Waals surface area contributed by atoms with E-state index < -0.39 is 0 Å². The van der Waals surface area contributed by atoms with E-state index in [-0.39, 0.29) is 0 Å². The summed E-state index contributed by atoms with van der Waals surface area (Å²) < 4.78 is 12.6. The second-order valence-corrected chi connectivity index (χ2v) is 13.3. The summed E-state index contributed by atoms with van der Waals surface area (Å²) in [5.41, 5.74) is 9.10. The second kappa shape index (κ2) is 10.8. The molecule has 0 saturated carbocycles. The summed E-state index contributed by atoms with van der Waals surface area (Å²) in [6.07, 6.45) is 3.76. The highest BCUT2D eigenvalue weighted by atomic mass is 16.3. The molecule has 0 unspecified atom stereocenters. The summed E-state index contributed by atoms with van der Waals surface area (Å²) in [7, 11) is 0. The molecule has 0 radical (unpaired) electrons. The molecule has 4 heteroatoms. The van der Waals surface area contributed by atoms with Crippen LogP contribution in [0.1, 0.15) is 0 Å². The van der Waals surface area contributed by atoms with E-state index in [1.807, 2.05) is 42.7 Å². The third-order valence-electron chi connectivity index (χ3n) is 10.3. The highest BCUT2D eigenvalue weighted by Crippen LogP contribution is 2.41. The van der Waals surface area contributed by atoms with E-state index in [0.29, 0.717) is 0 Å². The molecule has 0 N–H and O–H groups in total. The molecule has 4 nitrogen and oxygen atoms in total. The van der Waals surface area contributed by atoms with E-state index in [2.05, 4.69) is 137 Å². The van der Waals surface area contributed by atoms with Gasteiger partial charge in [-0.3, -0.25) is 4.98 Å². The van der Waals surface area contributed by atoms with Crippen molar-refractivity contribution in [1.29, 1.82) is 0 Å². The number of aromatic nitrogens is 1. The van der Waals surface area contributed by atoms with Gasteiger partial charge in [0.25, 0.3) is 0 Å². The second-order valence-electron chi connectivity index (χ2n) is 13.3. The van der Waals surface area contributed by atoms with E-state index in [1.165, 1.54) is 16.2 Å². The SMILES string of the molecule is c1ccc2c(c1)oc1cc3cc(N(c4ccc(-c5ccc6ccncc6c5)cc4)c4ccc5cc6c(cc5c4)oc4ccccc46)ccc3cc12. The molecule has 0 atom stereocenters. The fourth-order valence-electron chi connectivity index (χ4n) is 7.70. The molecule has 0 aliphatic carbocycles. The van der Waals surface area contributed by atoms with Gasteiger partial charge in [0, 0.05) is 56.4 Å². The molecule has 0 amide bonds. The topological polar surface area (TPSA) is 42.4 Å². The van der Waals surface area contributed by atoms with Crippen LogP contribution in [0.2, 0.25) is 0 Å². The first kappa shape index (κ1) is 28.0. The molecule has 0 fully saturated rings. The van der Waals surface area contributed by atoms with Crippen LogP contribution >= 0.6 is 0 Å². The first-order valence-corrected chi connectivity index (χ1v) is 17.2. The highest BCUT2D eigenvalue weighted by molar-refractivity contribution is 6.12. The van der Waals surface area contributed by atoms with Crippen LogP contribution in [0.3, 0.4) is 0 Å². The molecule has 11 aromatic rings. The van der Waals surface area contributed by atoms with Gasteiger partial charge < -0.3 is 13.7 Å². The Hall–Kier alpha value is -6.91. The quantitative estimate of drug-likeness (QED) is 0.190. The molecule has 0 aliphatic heterocycles. The van der Waals surface area contributed by atoms with E-state index in [1.54, 1.807) is 0 Å². The molecular formula is C47H28N2O2. The van der Waals surface area contributed by atoms with Crippen molar-refractivity contribution in [3.63, 3.8) is 0 Å². The van der Waals surface area contributed by atoms with Crippen LogP contribution in [0.15, 0.2) is 179 Å². The minimum absolute atomic E-state index is 0.892. The lowest BCUT2D eigenvalue weighted by molar-refractivity contribution is 0.669. The number of para-hydroxylation sites is 2. The summed E-state index contributed by atoms with van der Waals surface area (Å²) in [4.78, 5) is 6.66. The van der Waals surface area contributed by atoms with Gasteiger partial charge in [0.15, 0.2) is 0 Å². The summed E-state index contributed by atoms with van der Waals surface area (Å²) in [5.74, 6) is 0. The molecule has 0 saturated heterocycles. The normalized spacial score (nSPS) is 11.9. The summed E-state index contributed by atoms with van der Waals surface area (Å²) in [6, 6.07) is 56.1. The summed E-state index contributed by atoms with van der Waals surface area (Å²) >= 11 is 0. The van der Waals surface area contributed by atoms with Crippen LogP contribution in [0.25, 0.3) is 87.3 Å². The fourth-order valence-corrected chi connectivity index (χ4v) is 7.70. The molecule has 238 valence electrons. The van der Waals surface area contributed by atoms with Crippen LogP contribution in [0, 0.1) is 0 Å². The van der Waals surface area contributed by atoms with Crippen LogP contribution < -0.4 is 4.90 Å². The Balaban J connectivity index is 1.07. The van der Waals surface area contributed by atoms with Crippen molar-refractivity contribution in [2.45, 2.75) is 0 Å². The number of benzene rings is 8. The molecule has 0 spiro atoms. The highest BCUT2D eigenvalue weighted by Gasteiger charge is 2.17. The zero-order valence-electron chi connectivity index (χ0n) is 27.4. The van der Waals surface area contributed by atoms with Gasteiger partial charge >= 0.3 is 0 Å². The lowest BCUT2D eigenvalue weighted by atomic mass is 10.0. The average Bonchev–Trinajstić information content (AvgIpc) is 3.73. The van der Waals surface area contributed by atoms with Gasteiger partial charge in [-0.05, 0) is 123 Å². The number of anilines is 3. The van der Waals surface area contributed by atoms with E-state index in [9.17, 15) is 0 Å². The van der Waals surface area contributed by atoms with Crippen molar-refractivity contribution in [2.24, 2.45) is 0 Å². The first-order chi connectivity index (χ1) is 25.2. The predicted molar refractivity (Wildman–Crippen MR) is 211 cm³/mol. The number of nitrogens with zero attached hydrogens (tertiary/aromatic N) is 2. The maximum absolute atomic E-state index is 6.29. The van der Waals surface area contributed by atoms with E-state index in [0.717, 1.165) is 88.2 Å². The maximum Gasteiger partial charge on any atom is 0.136 e. The Morgan fingerprint density at radius 2 is 0.902 bits per heavy atom. The van der Waals surface area contributed by atoms with Crippen LogP contribution in [0.4, 0.5) is 17.1 Å². The Kier molecular flexibility index (Phi) is 5.92. The zero-order chi connectivity index (χ0) is 33.5. The first-order valence-electron chi connectivity index (χ1n) is 17.2. The Morgan fingerprint density at radius 1 is 0.353 bits per heavy atom. The van der Waals surface area contributed by atoms with Crippen molar-refractivity contribution in [2.75, 3.05) is 4.90 Å². The number of hydrogen-bond donors (Lipinski definition) is 0. The number of rotatable bonds is 4. The molecule has 51 heavy (non-hydrogen) atoms. The fraction of sp³-hybridized carbons (Fsp3) is 0. The molecule has 0 bridgehead atoms. The smallest absolute Gasteiger partial charge is 0.136 e. The number of fused-ring (bicyclic) bond motifs is 9. The lowest BCUT2D eigenvalue weighted by Crippen LogP contribution is -2.09. The van der Waals surface area contributed by atoms with Gasteiger partial charge in [-0.2, -0.15) is 0 Å². The summed E-state index contributed by atoms with van der Waals surface area (Å²) in [6.45, 7) is 0. The Labute approximate surface area is 292 Å². The van der Waals surface area contributed by atoms with E-state index in [4.69, 9.17) is 8.83 Å². The predicted octanol–water partition coefficient (Wildman–Crippen LogP) is 13.5. The largest absolute Gasteiger partial charge is 0.456 e. The van der Waals surface area contributed by atoms with Crippen molar-refractivity contribution in [3.8, 4) is 11.1 Å². The Morgan fingerprint density at radius 3 is 1.53 bits per heavy atom. The molecular weight excluding hydrogens is 625 g/mol. The third-order valence-corrected chi connectivity index (χ3v) is 10.3. The minimum Gasteiger partial charge on any atom is -0.456 e. The molecule has 3 heterocycles. The maximum atomic E-state index is 6.29.